The van der Waals surface area contributed by atoms with Crippen molar-refractivity contribution in [2.24, 2.45) is 5.92 Å². The summed E-state index contributed by atoms with van der Waals surface area (Å²) >= 11 is 3.37. The lowest BCUT2D eigenvalue weighted by atomic mass is 10.1. The first kappa shape index (κ1) is 16.5. The molecule has 0 unspecified atom stereocenters. The number of para-hydroxylation sites is 1. The van der Waals surface area contributed by atoms with Crippen LogP contribution in [0.15, 0.2) is 22.7 Å². The van der Waals surface area contributed by atoms with Crippen LogP contribution in [0.1, 0.15) is 19.4 Å². The Bertz CT molecular complexity index is 394. The Morgan fingerprint density at radius 2 is 1.89 bits per heavy atom. The van der Waals surface area contributed by atoms with Gasteiger partial charge in [-0.1, -0.05) is 26.0 Å². The number of phenolic OH excluding ortho intramolecular Hbond substituents is 1. The Labute approximate surface area is 125 Å². The summed E-state index contributed by atoms with van der Waals surface area (Å²) in [5, 5.41) is 10.1. The smallest absolute Gasteiger partial charge is 0.134 e. The molecule has 108 valence electrons. The lowest BCUT2D eigenvalue weighted by molar-refractivity contribution is 0.209. The van der Waals surface area contributed by atoms with Crippen LogP contribution in [0.5, 0.6) is 5.75 Å². The molecule has 0 saturated heterocycles. The minimum Gasteiger partial charge on any atom is -0.506 e. The fourth-order valence-corrected chi connectivity index (χ4v) is 2.43. The highest BCUT2D eigenvalue weighted by Crippen LogP contribution is 2.28. The van der Waals surface area contributed by atoms with Crippen LogP contribution in [0.2, 0.25) is 0 Å². The van der Waals surface area contributed by atoms with Crippen molar-refractivity contribution in [1.82, 2.24) is 9.80 Å². The van der Waals surface area contributed by atoms with Crippen LogP contribution >= 0.6 is 15.9 Å². The van der Waals surface area contributed by atoms with Crippen molar-refractivity contribution >= 4 is 15.9 Å². The Morgan fingerprint density at radius 1 is 1.21 bits per heavy atom. The van der Waals surface area contributed by atoms with Gasteiger partial charge in [-0.25, -0.2) is 0 Å². The van der Waals surface area contributed by atoms with Crippen molar-refractivity contribution in [1.29, 1.82) is 0 Å². The van der Waals surface area contributed by atoms with E-state index in [0.29, 0.717) is 11.7 Å². The molecule has 0 heterocycles. The van der Waals surface area contributed by atoms with E-state index in [0.717, 1.165) is 36.2 Å². The number of rotatable bonds is 7. The molecule has 1 aromatic rings. The molecule has 0 bridgehead atoms. The van der Waals surface area contributed by atoms with Crippen molar-refractivity contribution in [3.8, 4) is 5.75 Å². The number of likely N-dealkylation sites (N-methyl/N-ethyl adjacent to an activating group) is 1. The Kier molecular flexibility index (Phi) is 6.83. The van der Waals surface area contributed by atoms with E-state index in [9.17, 15) is 5.11 Å². The molecule has 1 N–H and O–H groups in total. The van der Waals surface area contributed by atoms with E-state index in [2.05, 4.69) is 53.7 Å². The number of halogens is 1. The maximum absolute atomic E-state index is 10.1. The SMILES string of the molecule is CC(C)CN(CCN(C)C)Cc1cccc(Br)c1O. The summed E-state index contributed by atoms with van der Waals surface area (Å²) in [5.74, 6) is 0.984. The number of hydrogen-bond acceptors (Lipinski definition) is 3. The molecule has 0 atom stereocenters. The van der Waals surface area contributed by atoms with Crippen molar-refractivity contribution in [3.63, 3.8) is 0 Å². The van der Waals surface area contributed by atoms with Crippen LogP contribution in [-0.2, 0) is 6.54 Å². The first-order valence-electron chi connectivity index (χ1n) is 6.73. The van der Waals surface area contributed by atoms with Gasteiger partial charge in [-0.3, -0.25) is 4.90 Å². The molecule has 0 aliphatic heterocycles. The molecule has 1 aromatic carbocycles. The lowest BCUT2D eigenvalue weighted by Gasteiger charge is -2.26. The molecule has 19 heavy (non-hydrogen) atoms. The molecule has 0 fully saturated rings. The largest absolute Gasteiger partial charge is 0.506 e. The van der Waals surface area contributed by atoms with E-state index in [1.54, 1.807) is 0 Å². The second-order valence-corrected chi connectivity index (χ2v) is 6.53. The number of hydrogen-bond donors (Lipinski definition) is 1. The normalized spacial score (nSPS) is 11.8. The Hall–Kier alpha value is -0.580. The molecule has 0 radical (unpaired) electrons. The minimum atomic E-state index is 0.362. The van der Waals surface area contributed by atoms with Crippen LogP contribution in [0, 0.1) is 5.92 Å². The molecule has 0 aliphatic carbocycles. The summed E-state index contributed by atoms with van der Waals surface area (Å²) < 4.78 is 0.766. The van der Waals surface area contributed by atoms with Gasteiger partial charge in [0.1, 0.15) is 5.75 Å². The maximum atomic E-state index is 10.1. The zero-order chi connectivity index (χ0) is 14.4. The van der Waals surface area contributed by atoms with Crippen LogP contribution in [0.3, 0.4) is 0 Å². The van der Waals surface area contributed by atoms with E-state index >= 15 is 0 Å². The topological polar surface area (TPSA) is 26.7 Å². The first-order chi connectivity index (χ1) is 8.90. The van der Waals surface area contributed by atoms with E-state index in [-0.39, 0.29) is 0 Å². The zero-order valence-corrected chi connectivity index (χ0v) is 13.9. The molecule has 0 aromatic heterocycles. The van der Waals surface area contributed by atoms with Gasteiger partial charge >= 0.3 is 0 Å². The number of benzene rings is 1. The number of phenols is 1. The summed E-state index contributed by atoms with van der Waals surface area (Å²) in [6.07, 6.45) is 0. The molecule has 4 heteroatoms. The van der Waals surface area contributed by atoms with Crippen molar-refractivity contribution in [2.75, 3.05) is 33.7 Å². The van der Waals surface area contributed by atoms with Crippen LogP contribution in [-0.4, -0.2) is 48.6 Å². The summed E-state index contributed by atoms with van der Waals surface area (Å²) in [6, 6.07) is 5.83. The van der Waals surface area contributed by atoms with Gasteiger partial charge in [-0.2, -0.15) is 0 Å². The molecule has 1 rings (SSSR count). The summed E-state index contributed by atoms with van der Waals surface area (Å²) in [7, 11) is 4.17. The fourth-order valence-electron chi connectivity index (χ4n) is 2.02. The molecule has 0 spiro atoms. The summed E-state index contributed by atoms with van der Waals surface area (Å²) in [4.78, 5) is 4.58. The zero-order valence-electron chi connectivity index (χ0n) is 12.4. The van der Waals surface area contributed by atoms with Crippen LogP contribution < -0.4 is 0 Å². The maximum Gasteiger partial charge on any atom is 0.134 e. The molecular formula is C15H25BrN2O. The molecular weight excluding hydrogens is 304 g/mol. The second-order valence-electron chi connectivity index (χ2n) is 5.68. The summed E-state index contributed by atoms with van der Waals surface area (Å²) in [5.41, 5.74) is 0.980. The standard InChI is InChI=1S/C15H25BrN2O/c1-12(2)10-18(9-8-17(3)4)11-13-6-5-7-14(16)15(13)19/h5-7,12,19H,8-11H2,1-4H3. The first-order valence-corrected chi connectivity index (χ1v) is 7.53. The second kappa shape index (κ2) is 7.88. The molecule has 0 amide bonds. The highest BCUT2D eigenvalue weighted by molar-refractivity contribution is 9.10. The lowest BCUT2D eigenvalue weighted by Crippen LogP contribution is -2.34. The van der Waals surface area contributed by atoms with Gasteiger partial charge in [-0.15, -0.1) is 0 Å². The van der Waals surface area contributed by atoms with Gasteiger partial charge in [0.15, 0.2) is 0 Å². The van der Waals surface area contributed by atoms with E-state index in [4.69, 9.17) is 0 Å². The average molecular weight is 329 g/mol. The van der Waals surface area contributed by atoms with Gasteiger partial charge in [-0.05, 0) is 42.0 Å². The Morgan fingerprint density at radius 3 is 2.47 bits per heavy atom. The molecule has 3 nitrogen and oxygen atoms in total. The minimum absolute atomic E-state index is 0.362. The predicted molar refractivity (Wildman–Crippen MR) is 84.5 cm³/mol. The monoisotopic (exact) mass is 328 g/mol. The van der Waals surface area contributed by atoms with Crippen molar-refractivity contribution in [3.05, 3.63) is 28.2 Å². The Balaban J connectivity index is 2.72. The molecule has 0 saturated carbocycles. The summed E-state index contributed by atoms with van der Waals surface area (Å²) in [6.45, 7) is 8.32. The van der Waals surface area contributed by atoms with Gasteiger partial charge in [0.25, 0.3) is 0 Å². The third-order valence-electron chi connectivity index (χ3n) is 2.95. The predicted octanol–water partition coefficient (Wildman–Crippen LogP) is 3.17. The number of aromatic hydroxyl groups is 1. The van der Waals surface area contributed by atoms with Gasteiger partial charge in [0.2, 0.25) is 0 Å². The molecule has 0 aliphatic rings. The van der Waals surface area contributed by atoms with Crippen molar-refractivity contribution < 1.29 is 5.11 Å². The van der Waals surface area contributed by atoms with Crippen LogP contribution in [0.25, 0.3) is 0 Å². The van der Waals surface area contributed by atoms with E-state index in [1.807, 2.05) is 18.2 Å². The van der Waals surface area contributed by atoms with Crippen LogP contribution in [0.4, 0.5) is 0 Å². The van der Waals surface area contributed by atoms with Gasteiger partial charge in [0.05, 0.1) is 4.47 Å². The van der Waals surface area contributed by atoms with Crippen molar-refractivity contribution in [2.45, 2.75) is 20.4 Å². The third-order valence-corrected chi connectivity index (χ3v) is 3.59. The van der Waals surface area contributed by atoms with E-state index in [1.165, 1.54) is 0 Å². The van der Waals surface area contributed by atoms with E-state index < -0.39 is 0 Å². The highest BCUT2D eigenvalue weighted by atomic mass is 79.9. The number of nitrogens with zero attached hydrogens (tertiary/aromatic N) is 2. The van der Waals surface area contributed by atoms with Gasteiger partial charge < -0.3 is 10.0 Å². The van der Waals surface area contributed by atoms with Gasteiger partial charge in [0, 0.05) is 31.7 Å². The highest BCUT2D eigenvalue weighted by Gasteiger charge is 2.12. The quantitative estimate of drug-likeness (QED) is 0.832. The average Bonchev–Trinajstić information content (AvgIpc) is 2.31. The third kappa shape index (κ3) is 5.93. The fraction of sp³-hybridized carbons (Fsp3) is 0.600.